The van der Waals surface area contributed by atoms with Crippen molar-refractivity contribution in [1.82, 2.24) is 0 Å². The Hall–Kier alpha value is 0.290. The predicted octanol–water partition coefficient (Wildman–Crippen LogP) is 2.41. The lowest BCUT2D eigenvalue weighted by molar-refractivity contribution is 1.03. The molecule has 0 radical (unpaired) electrons. The molecule has 0 unspecified atom stereocenters. The van der Waals surface area contributed by atoms with E-state index in [1.165, 1.54) is 12.8 Å². The molecule has 0 N–H and O–H groups in total. The maximum absolute atomic E-state index is 5.64. The summed E-state index contributed by atoms with van der Waals surface area (Å²) in [7, 11) is 0. The summed E-state index contributed by atoms with van der Waals surface area (Å²) in [5.74, 6) is 0. The zero-order valence-electron chi connectivity index (χ0n) is 3.29. The maximum Gasteiger partial charge on any atom is 0.0420 e. The Morgan fingerprint density at radius 3 is 1.67 bits per heavy atom. The summed E-state index contributed by atoms with van der Waals surface area (Å²) in [5, 5.41) is 0. The van der Waals surface area contributed by atoms with Gasteiger partial charge in [0.1, 0.15) is 0 Å². The van der Waals surface area contributed by atoms with Gasteiger partial charge in [-0.2, -0.15) is 0 Å². The highest BCUT2D eigenvalue weighted by atomic mass is 35.5. The van der Waals surface area contributed by atoms with E-state index in [0.29, 0.717) is 0 Å². The van der Waals surface area contributed by atoms with Crippen molar-refractivity contribution in [2.45, 2.75) is 32.1 Å². The standard InChI is InChI=1S/C4H7Cl.CH4/c1-4(5)2-3-4;/h2-3H2,1H3;1H4. The van der Waals surface area contributed by atoms with Crippen LogP contribution in [-0.2, 0) is 0 Å². The van der Waals surface area contributed by atoms with Gasteiger partial charge in [0.05, 0.1) is 0 Å². The molecule has 0 nitrogen and oxygen atoms in total. The molecule has 1 saturated carbocycles. The number of hydrogen-bond acceptors (Lipinski definition) is 0. The maximum atomic E-state index is 5.64. The number of hydrogen-bond donors (Lipinski definition) is 0. The highest BCUT2D eigenvalue weighted by Gasteiger charge is 2.33. The Bertz CT molecular complexity index is 41.9. The monoisotopic (exact) mass is 106 g/mol. The van der Waals surface area contributed by atoms with Crippen LogP contribution in [0.1, 0.15) is 27.2 Å². The fraction of sp³-hybridized carbons (Fsp3) is 1.00. The first-order valence-electron chi connectivity index (χ1n) is 1.90. The van der Waals surface area contributed by atoms with Crippen LogP contribution in [0.25, 0.3) is 0 Å². The van der Waals surface area contributed by atoms with Crippen LogP contribution in [-0.4, -0.2) is 4.87 Å². The van der Waals surface area contributed by atoms with Crippen molar-refractivity contribution >= 4 is 11.6 Å². The minimum atomic E-state index is 0. The third-order valence-corrected chi connectivity index (χ3v) is 1.32. The lowest BCUT2D eigenvalue weighted by Crippen LogP contribution is -1.80. The lowest BCUT2D eigenvalue weighted by Gasteiger charge is -1.82. The second-order valence-electron chi connectivity index (χ2n) is 1.91. The van der Waals surface area contributed by atoms with E-state index in [0.717, 1.165) is 0 Å². The Morgan fingerprint density at radius 2 is 1.67 bits per heavy atom. The van der Waals surface area contributed by atoms with Gasteiger partial charge in [0.25, 0.3) is 0 Å². The molecular formula is C5H11Cl. The molecule has 1 heteroatoms. The summed E-state index contributed by atoms with van der Waals surface area (Å²) < 4.78 is 0. The number of alkyl halides is 1. The van der Waals surface area contributed by atoms with Gasteiger partial charge in [-0.05, 0) is 19.8 Å². The molecule has 1 fully saturated rings. The zero-order valence-corrected chi connectivity index (χ0v) is 4.05. The van der Waals surface area contributed by atoms with Gasteiger partial charge in [-0.1, -0.05) is 7.43 Å². The van der Waals surface area contributed by atoms with Crippen molar-refractivity contribution < 1.29 is 0 Å². The average Bonchev–Trinajstić information content (AvgIpc) is 1.76. The normalized spacial score (nSPS) is 25.0. The molecule has 0 heterocycles. The largest absolute Gasteiger partial charge is 0.120 e. The Balaban J connectivity index is 0.000000250. The van der Waals surface area contributed by atoms with E-state index in [1.807, 2.05) is 0 Å². The molecule has 0 saturated heterocycles. The van der Waals surface area contributed by atoms with Gasteiger partial charge in [-0.25, -0.2) is 0 Å². The Labute approximate surface area is 44.5 Å². The van der Waals surface area contributed by atoms with Crippen molar-refractivity contribution in [3.8, 4) is 0 Å². The van der Waals surface area contributed by atoms with Crippen LogP contribution in [0.15, 0.2) is 0 Å². The highest BCUT2D eigenvalue weighted by Crippen LogP contribution is 2.41. The molecule has 0 spiro atoms. The smallest absolute Gasteiger partial charge is 0.0420 e. The molecule has 0 aliphatic heterocycles. The van der Waals surface area contributed by atoms with E-state index in [1.54, 1.807) is 0 Å². The molecular weight excluding hydrogens is 95.5 g/mol. The minimum absolute atomic E-state index is 0. The van der Waals surface area contributed by atoms with Gasteiger partial charge < -0.3 is 0 Å². The topological polar surface area (TPSA) is 0 Å². The Morgan fingerprint density at radius 1 is 1.50 bits per heavy atom. The summed E-state index contributed by atoms with van der Waals surface area (Å²) in [6.45, 7) is 2.06. The molecule has 1 aliphatic carbocycles. The van der Waals surface area contributed by atoms with Crippen molar-refractivity contribution in [2.75, 3.05) is 0 Å². The minimum Gasteiger partial charge on any atom is -0.120 e. The molecule has 0 aromatic heterocycles. The number of rotatable bonds is 0. The van der Waals surface area contributed by atoms with Crippen LogP contribution in [0, 0.1) is 0 Å². The van der Waals surface area contributed by atoms with Gasteiger partial charge in [-0.15, -0.1) is 11.6 Å². The summed E-state index contributed by atoms with van der Waals surface area (Å²) >= 11 is 5.64. The van der Waals surface area contributed by atoms with Gasteiger partial charge in [0.2, 0.25) is 0 Å². The highest BCUT2D eigenvalue weighted by molar-refractivity contribution is 6.25. The van der Waals surface area contributed by atoms with E-state index >= 15 is 0 Å². The van der Waals surface area contributed by atoms with E-state index in [-0.39, 0.29) is 12.3 Å². The lowest BCUT2D eigenvalue weighted by atomic mass is 10.5. The van der Waals surface area contributed by atoms with Crippen LogP contribution in [0.5, 0.6) is 0 Å². The Kier molecular flexibility index (Phi) is 1.49. The molecule has 0 atom stereocenters. The molecule has 1 aliphatic rings. The van der Waals surface area contributed by atoms with Crippen molar-refractivity contribution in [2.24, 2.45) is 0 Å². The van der Waals surface area contributed by atoms with Crippen LogP contribution >= 0.6 is 11.6 Å². The molecule has 1 rings (SSSR count). The van der Waals surface area contributed by atoms with E-state index in [4.69, 9.17) is 11.6 Å². The van der Waals surface area contributed by atoms with Crippen LogP contribution in [0.2, 0.25) is 0 Å². The van der Waals surface area contributed by atoms with Crippen molar-refractivity contribution in [3.05, 3.63) is 0 Å². The molecule has 0 aromatic rings. The summed E-state index contributed by atoms with van der Waals surface area (Å²) in [6.07, 6.45) is 2.43. The average molecular weight is 107 g/mol. The number of halogens is 1. The van der Waals surface area contributed by atoms with E-state index in [2.05, 4.69) is 6.92 Å². The van der Waals surface area contributed by atoms with Crippen molar-refractivity contribution in [3.63, 3.8) is 0 Å². The molecule has 6 heavy (non-hydrogen) atoms. The van der Waals surface area contributed by atoms with E-state index < -0.39 is 0 Å². The van der Waals surface area contributed by atoms with Crippen LogP contribution in [0.4, 0.5) is 0 Å². The third kappa shape index (κ3) is 1.66. The van der Waals surface area contributed by atoms with Gasteiger partial charge in [0.15, 0.2) is 0 Å². The first-order valence-corrected chi connectivity index (χ1v) is 2.27. The predicted molar refractivity (Wildman–Crippen MR) is 30.2 cm³/mol. The second kappa shape index (κ2) is 1.42. The van der Waals surface area contributed by atoms with Crippen LogP contribution in [0.3, 0.4) is 0 Å². The molecule has 0 bridgehead atoms. The van der Waals surface area contributed by atoms with Crippen LogP contribution < -0.4 is 0 Å². The molecule has 0 amide bonds. The van der Waals surface area contributed by atoms with Gasteiger partial charge >= 0.3 is 0 Å². The van der Waals surface area contributed by atoms with Crippen molar-refractivity contribution in [1.29, 1.82) is 0 Å². The molecule has 0 aromatic carbocycles. The fourth-order valence-electron chi connectivity index (χ4n) is 0.172. The third-order valence-electron chi connectivity index (χ3n) is 0.939. The fourth-order valence-corrected chi connectivity index (χ4v) is 0.267. The SMILES string of the molecule is C.CC1(Cl)CC1. The summed E-state index contributed by atoms with van der Waals surface area (Å²) in [6, 6.07) is 0. The quantitative estimate of drug-likeness (QED) is 0.416. The summed E-state index contributed by atoms with van der Waals surface area (Å²) in [5.41, 5.74) is 0. The molecule has 38 valence electrons. The first kappa shape index (κ1) is 6.29. The van der Waals surface area contributed by atoms with Gasteiger partial charge in [0, 0.05) is 4.87 Å². The van der Waals surface area contributed by atoms with Gasteiger partial charge in [-0.3, -0.25) is 0 Å². The zero-order chi connectivity index (χ0) is 3.91. The summed E-state index contributed by atoms with van der Waals surface area (Å²) in [4.78, 5) is 0.222. The van der Waals surface area contributed by atoms with E-state index in [9.17, 15) is 0 Å². The second-order valence-corrected chi connectivity index (χ2v) is 2.83. The first-order chi connectivity index (χ1) is 2.21.